The number of nitrogens with zero attached hydrogens (tertiary/aromatic N) is 1. The van der Waals surface area contributed by atoms with E-state index in [4.69, 9.17) is 0 Å². The highest BCUT2D eigenvalue weighted by atomic mass is 32.2. The lowest BCUT2D eigenvalue weighted by atomic mass is 9.72. The Morgan fingerprint density at radius 2 is 1.73 bits per heavy atom. The Bertz CT molecular complexity index is 811. The van der Waals surface area contributed by atoms with Gasteiger partial charge in [0.1, 0.15) is 0 Å². The fraction of sp³-hybridized carbons (Fsp3) is 0.333. The van der Waals surface area contributed by atoms with Crippen molar-refractivity contribution in [3.05, 3.63) is 65.2 Å². The summed E-state index contributed by atoms with van der Waals surface area (Å²) in [5, 5.41) is 9.89. The van der Waals surface area contributed by atoms with Crippen molar-refractivity contribution >= 4 is 23.6 Å². The van der Waals surface area contributed by atoms with Crippen molar-refractivity contribution in [2.45, 2.75) is 30.1 Å². The predicted octanol–water partition coefficient (Wildman–Crippen LogP) is 3.98. The highest BCUT2D eigenvalue weighted by molar-refractivity contribution is 7.98. The van der Waals surface area contributed by atoms with Crippen LogP contribution in [0.25, 0.3) is 0 Å². The van der Waals surface area contributed by atoms with Gasteiger partial charge >= 0.3 is 5.97 Å². The standard InChI is InChI=1S/C21H23NO3S/c1-15-8-9-17(26-2)14-18(15)19(23)22-12-10-21(11-13-22,20(24)25)16-6-4-3-5-7-16/h3-9,14H,10-13H2,1-2H3,(H,24,25). The van der Waals surface area contributed by atoms with Gasteiger partial charge in [-0.25, -0.2) is 0 Å². The zero-order valence-corrected chi connectivity index (χ0v) is 15.9. The van der Waals surface area contributed by atoms with Crippen LogP contribution in [0, 0.1) is 6.92 Å². The van der Waals surface area contributed by atoms with Crippen LogP contribution in [0.1, 0.15) is 34.3 Å². The zero-order valence-electron chi connectivity index (χ0n) is 15.1. The molecule has 4 nitrogen and oxygen atoms in total. The number of piperidine rings is 1. The summed E-state index contributed by atoms with van der Waals surface area (Å²) in [6, 6.07) is 15.3. The molecule has 1 aliphatic rings. The fourth-order valence-corrected chi connectivity index (χ4v) is 4.04. The van der Waals surface area contributed by atoms with Gasteiger partial charge in [0.25, 0.3) is 5.91 Å². The first-order valence-electron chi connectivity index (χ1n) is 8.71. The second kappa shape index (κ2) is 7.54. The van der Waals surface area contributed by atoms with Crippen LogP contribution in [0.15, 0.2) is 53.4 Å². The number of carboxylic acids is 1. The minimum absolute atomic E-state index is 0.00884. The number of carbonyl (C=O) groups excluding carboxylic acids is 1. The molecular formula is C21H23NO3S. The van der Waals surface area contributed by atoms with Crippen molar-refractivity contribution in [3.8, 4) is 0 Å². The van der Waals surface area contributed by atoms with E-state index in [1.165, 1.54) is 0 Å². The summed E-state index contributed by atoms with van der Waals surface area (Å²) in [5.74, 6) is -0.818. The highest BCUT2D eigenvalue weighted by Crippen LogP contribution is 2.36. The van der Waals surface area contributed by atoms with Crippen molar-refractivity contribution in [1.82, 2.24) is 4.90 Å². The molecule has 1 aliphatic heterocycles. The molecule has 0 spiro atoms. The van der Waals surface area contributed by atoms with Crippen LogP contribution in [-0.2, 0) is 10.2 Å². The molecule has 5 heteroatoms. The van der Waals surface area contributed by atoms with Gasteiger partial charge in [0.2, 0.25) is 0 Å². The quantitative estimate of drug-likeness (QED) is 0.829. The van der Waals surface area contributed by atoms with Gasteiger partial charge in [0.05, 0.1) is 5.41 Å². The van der Waals surface area contributed by atoms with E-state index in [9.17, 15) is 14.7 Å². The Labute approximate surface area is 158 Å². The van der Waals surface area contributed by atoms with E-state index in [1.54, 1.807) is 16.7 Å². The largest absolute Gasteiger partial charge is 0.481 e. The first-order valence-corrected chi connectivity index (χ1v) is 9.93. The maximum Gasteiger partial charge on any atom is 0.314 e. The minimum Gasteiger partial charge on any atom is -0.481 e. The maximum absolute atomic E-state index is 13.0. The van der Waals surface area contributed by atoms with E-state index >= 15 is 0 Å². The molecule has 0 unspecified atom stereocenters. The SMILES string of the molecule is CSc1ccc(C)c(C(=O)N2CCC(C(=O)O)(c3ccccc3)CC2)c1. The molecule has 0 radical (unpaired) electrons. The molecule has 3 rings (SSSR count). The highest BCUT2D eigenvalue weighted by Gasteiger charge is 2.44. The van der Waals surface area contributed by atoms with Crippen molar-refractivity contribution in [3.63, 3.8) is 0 Å². The first-order chi connectivity index (χ1) is 12.5. The van der Waals surface area contributed by atoms with E-state index in [2.05, 4.69) is 0 Å². The summed E-state index contributed by atoms with van der Waals surface area (Å²) < 4.78 is 0. The summed E-state index contributed by atoms with van der Waals surface area (Å²) in [6.45, 7) is 2.83. The number of carboxylic acid groups (broad SMARTS) is 1. The molecule has 136 valence electrons. The Balaban J connectivity index is 1.81. The maximum atomic E-state index is 13.0. The minimum atomic E-state index is -0.909. The Morgan fingerprint density at radius 3 is 2.31 bits per heavy atom. The lowest BCUT2D eigenvalue weighted by molar-refractivity contribution is -0.145. The van der Waals surface area contributed by atoms with Crippen molar-refractivity contribution in [1.29, 1.82) is 0 Å². The third-order valence-electron chi connectivity index (χ3n) is 5.32. The molecule has 0 aromatic heterocycles. The molecule has 26 heavy (non-hydrogen) atoms. The van der Waals surface area contributed by atoms with Crippen molar-refractivity contribution in [2.75, 3.05) is 19.3 Å². The molecular weight excluding hydrogens is 346 g/mol. The summed E-state index contributed by atoms with van der Waals surface area (Å²) in [4.78, 5) is 27.9. The second-order valence-electron chi connectivity index (χ2n) is 6.73. The Kier molecular flexibility index (Phi) is 5.37. The molecule has 1 fully saturated rings. The summed E-state index contributed by atoms with van der Waals surface area (Å²) >= 11 is 1.61. The van der Waals surface area contributed by atoms with E-state index in [1.807, 2.05) is 61.7 Å². The topological polar surface area (TPSA) is 57.6 Å². The summed E-state index contributed by atoms with van der Waals surface area (Å²) in [5.41, 5.74) is 1.57. The van der Waals surface area contributed by atoms with E-state index in [0.717, 1.165) is 16.0 Å². The van der Waals surface area contributed by atoms with Gasteiger partial charge in [-0.2, -0.15) is 0 Å². The molecule has 1 N–H and O–H groups in total. The zero-order chi connectivity index (χ0) is 18.7. The number of aliphatic carboxylic acids is 1. The van der Waals surface area contributed by atoms with Crippen LogP contribution in [-0.4, -0.2) is 41.2 Å². The van der Waals surface area contributed by atoms with Gasteiger partial charge in [-0.05, 0) is 49.3 Å². The monoisotopic (exact) mass is 369 g/mol. The Hall–Kier alpha value is -2.27. The van der Waals surface area contributed by atoms with Gasteiger partial charge in [0.15, 0.2) is 0 Å². The number of thioether (sulfide) groups is 1. The van der Waals surface area contributed by atoms with Crippen LogP contribution in [0.3, 0.4) is 0 Å². The van der Waals surface area contributed by atoms with Gasteiger partial charge in [-0.3, -0.25) is 9.59 Å². The lowest BCUT2D eigenvalue weighted by Crippen LogP contribution is -2.49. The number of hydrogen-bond donors (Lipinski definition) is 1. The Morgan fingerprint density at radius 1 is 1.08 bits per heavy atom. The first kappa shape index (κ1) is 18.5. The number of hydrogen-bond acceptors (Lipinski definition) is 3. The third kappa shape index (κ3) is 3.36. The fourth-order valence-electron chi connectivity index (χ4n) is 3.60. The third-order valence-corrected chi connectivity index (χ3v) is 6.04. The second-order valence-corrected chi connectivity index (χ2v) is 7.61. The molecule has 1 saturated heterocycles. The molecule has 2 aromatic rings. The summed E-state index contributed by atoms with van der Waals surface area (Å²) in [6.07, 6.45) is 2.85. The molecule has 2 aromatic carbocycles. The van der Waals surface area contributed by atoms with Gasteiger partial charge < -0.3 is 10.0 Å². The van der Waals surface area contributed by atoms with Crippen LogP contribution < -0.4 is 0 Å². The van der Waals surface area contributed by atoms with Crippen LogP contribution >= 0.6 is 11.8 Å². The van der Waals surface area contributed by atoms with Gasteiger partial charge in [-0.15, -0.1) is 11.8 Å². The van der Waals surface area contributed by atoms with E-state index < -0.39 is 11.4 Å². The number of carbonyl (C=O) groups is 2. The van der Waals surface area contributed by atoms with Crippen molar-refractivity contribution < 1.29 is 14.7 Å². The average Bonchev–Trinajstić information content (AvgIpc) is 2.68. The number of rotatable bonds is 4. The average molecular weight is 369 g/mol. The van der Waals surface area contributed by atoms with E-state index in [0.29, 0.717) is 31.5 Å². The normalized spacial score (nSPS) is 16.3. The molecule has 0 atom stereocenters. The molecule has 1 heterocycles. The van der Waals surface area contributed by atoms with Gasteiger partial charge in [-0.1, -0.05) is 36.4 Å². The van der Waals surface area contributed by atoms with Crippen LogP contribution in [0.2, 0.25) is 0 Å². The van der Waals surface area contributed by atoms with Crippen molar-refractivity contribution in [2.24, 2.45) is 0 Å². The van der Waals surface area contributed by atoms with Gasteiger partial charge in [0, 0.05) is 23.5 Å². The lowest BCUT2D eigenvalue weighted by Gasteiger charge is -2.39. The molecule has 1 amide bonds. The smallest absolute Gasteiger partial charge is 0.314 e. The summed E-state index contributed by atoms with van der Waals surface area (Å²) in [7, 11) is 0. The van der Waals surface area contributed by atoms with E-state index in [-0.39, 0.29) is 5.91 Å². The van der Waals surface area contributed by atoms with Crippen LogP contribution in [0.4, 0.5) is 0 Å². The number of benzene rings is 2. The number of amides is 1. The number of likely N-dealkylation sites (tertiary alicyclic amines) is 1. The molecule has 0 saturated carbocycles. The predicted molar refractivity (Wildman–Crippen MR) is 104 cm³/mol. The number of aryl methyl sites for hydroxylation is 1. The molecule has 0 aliphatic carbocycles. The molecule has 0 bridgehead atoms. The van der Waals surface area contributed by atoms with Crippen LogP contribution in [0.5, 0.6) is 0 Å².